The molecule has 1 fully saturated rings. The average Bonchev–Trinajstić information content (AvgIpc) is 2.66. The first kappa shape index (κ1) is 15.3. The molecule has 1 aromatic heterocycles. The number of ether oxygens (including phenoxy) is 1. The lowest BCUT2D eigenvalue weighted by Crippen LogP contribution is -2.55. The van der Waals surface area contributed by atoms with E-state index in [0.717, 1.165) is 24.5 Å². The number of carbonyl (C=O) groups is 1. The van der Waals surface area contributed by atoms with Crippen LogP contribution in [0.4, 0.5) is 0 Å². The van der Waals surface area contributed by atoms with Gasteiger partial charge in [0.05, 0.1) is 23.0 Å². The highest BCUT2D eigenvalue weighted by Crippen LogP contribution is 2.22. The Kier molecular flexibility index (Phi) is 5.01. The summed E-state index contributed by atoms with van der Waals surface area (Å²) in [6, 6.07) is -0.269. The van der Waals surface area contributed by atoms with Gasteiger partial charge in [-0.3, -0.25) is 14.4 Å². The summed E-state index contributed by atoms with van der Waals surface area (Å²) in [6.45, 7) is 6.93. The Balaban J connectivity index is 2.14. The van der Waals surface area contributed by atoms with Crippen LogP contribution in [0.15, 0.2) is 0 Å². The van der Waals surface area contributed by atoms with E-state index >= 15 is 0 Å². The van der Waals surface area contributed by atoms with Crippen LogP contribution in [0.5, 0.6) is 0 Å². The number of nitrogens with zero attached hydrogens (tertiary/aromatic N) is 3. The minimum absolute atomic E-state index is 0.185. The first-order chi connectivity index (χ1) is 9.54. The van der Waals surface area contributed by atoms with E-state index in [4.69, 9.17) is 16.3 Å². The summed E-state index contributed by atoms with van der Waals surface area (Å²) < 4.78 is 6.92. The molecule has 0 amide bonds. The lowest BCUT2D eigenvalue weighted by Gasteiger charge is -2.34. The van der Waals surface area contributed by atoms with Crippen LogP contribution >= 0.6 is 11.6 Å². The van der Waals surface area contributed by atoms with Crippen molar-refractivity contribution in [2.45, 2.75) is 26.4 Å². The van der Waals surface area contributed by atoms with Crippen molar-refractivity contribution >= 4 is 17.6 Å². The van der Waals surface area contributed by atoms with E-state index < -0.39 is 0 Å². The first-order valence-corrected chi connectivity index (χ1v) is 7.21. The normalized spacial score (nSPS) is 20.1. The van der Waals surface area contributed by atoms with Crippen molar-refractivity contribution in [3.05, 3.63) is 16.4 Å². The summed E-state index contributed by atoms with van der Waals surface area (Å²) in [5.41, 5.74) is 1.74. The smallest absolute Gasteiger partial charge is 0.324 e. The molecular formula is C13H21ClN4O2. The van der Waals surface area contributed by atoms with E-state index in [1.54, 1.807) is 4.68 Å². The van der Waals surface area contributed by atoms with Crippen LogP contribution in [-0.4, -0.2) is 52.9 Å². The molecule has 7 heteroatoms. The van der Waals surface area contributed by atoms with Gasteiger partial charge in [-0.25, -0.2) is 0 Å². The maximum atomic E-state index is 12.0. The molecule has 2 rings (SSSR count). The molecule has 6 nitrogen and oxygen atoms in total. The summed E-state index contributed by atoms with van der Waals surface area (Å²) in [5.74, 6) is -0.185. The van der Waals surface area contributed by atoms with Crippen molar-refractivity contribution in [1.82, 2.24) is 20.0 Å². The fourth-order valence-electron chi connectivity index (χ4n) is 2.45. The maximum absolute atomic E-state index is 12.0. The van der Waals surface area contributed by atoms with Crippen molar-refractivity contribution in [3.8, 4) is 0 Å². The molecule has 1 aliphatic heterocycles. The van der Waals surface area contributed by atoms with Gasteiger partial charge < -0.3 is 10.1 Å². The Morgan fingerprint density at radius 3 is 2.95 bits per heavy atom. The standard InChI is InChI=1S/C13H21ClN4O2/c1-4-20-13(19)10-7-15-5-6-18(10)8-11-12(14)9(2)16-17(11)3/h10,15H,4-8H2,1-3H3. The molecule has 1 N–H and O–H groups in total. The van der Waals surface area contributed by atoms with E-state index in [1.807, 2.05) is 20.9 Å². The fraction of sp³-hybridized carbons (Fsp3) is 0.692. The molecular weight excluding hydrogens is 280 g/mol. The second-order valence-corrected chi connectivity index (χ2v) is 5.29. The number of hydrogen-bond acceptors (Lipinski definition) is 5. The minimum atomic E-state index is -0.269. The van der Waals surface area contributed by atoms with E-state index in [2.05, 4.69) is 15.3 Å². The van der Waals surface area contributed by atoms with E-state index in [1.165, 1.54) is 0 Å². The highest BCUT2D eigenvalue weighted by Gasteiger charge is 2.31. The van der Waals surface area contributed by atoms with Crippen LogP contribution in [0.3, 0.4) is 0 Å². The summed E-state index contributed by atoms with van der Waals surface area (Å²) in [5, 5.41) is 8.21. The molecule has 0 aliphatic carbocycles. The van der Waals surface area contributed by atoms with Gasteiger partial charge in [0, 0.05) is 33.2 Å². The van der Waals surface area contributed by atoms with Gasteiger partial charge in [-0.15, -0.1) is 0 Å². The molecule has 0 spiro atoms. The quantitative estimate of drug-likeness (QED) is 0.830. The van der Waals surface area contributed by atoms with Crippen LogP contribution in [0.2, 0.25) is 5.02 Å². The predicted octanol–water partition coefficient (Wildman–Crippen LogP) is 0.719. The van der Waals surface area contributed by atoms with Crippen molar-refractivity contribution < 1.29 is 9.53 Å². The maximum Gasteiger partial charge on any atom is 0.324 e. The summed E-state index contributed by atoms with van der Waals surface area (Å²) in [4.78, 5) is 14.1. The van der Waals surface area contributed by atoms with E-state index in [-0.39, 0.29) is 12.0 Å². The molecule has 1 aliphatic rings. The zero-order valence-electron chi connectivity index (χ0n) is 12.1. The van der Waals surface area contributed by atoms with Crippen LogP contribution in [-0.2, 0) is 23.1 Å². The summed E-state index contributed by atoms with van der Waals surface area (Å²) in [7, 11) is 1.87. The van der Waals surface area contributed by atoms with Gasteiger partial charge in [0.15, 0.2) is 0 Å². The highest BCUT2D eigenvalue weighted by atomic mass is 35.5. The Labute approximate surface area is 124 Å². The van der Waals surface area contributed by atoms with Crippen LogP contribution in [0.25, 0.3) is 0 Å². The predicted molar refractivity (Wildman–Crippen MR) is 76.7 cm³/mol. The third-order valence-corrected chi connectivity index (χ3v) is 4.02. The third-order valence-electron chi connectivity index (χ3n) is 3.53. The van der Waals surface area contributed by atoms with E-state index in [0.29, 0.717) is 24.7 Å². The minimum Gasteiger partial charge on any atom is -0.465 e. The molecule has 1 saturated heterocycles. The lowest BCUT2D eigenvalue weighted by molar-refractivity contribution is -0.150. The van der Waals surface area contributed by atoms with Gasteiger partial charge in [0.25, 0.3) is 0 Å². The SMILES string of the molecule is CCOC(=O)C1CNCCN1Cc1c(Cl)c(C)nn1C. The molecule has 0 aromatic carbocycles. The molecule has 20 heavy (non-hydrogen) atoms. The Hall–Kier alpha value is -1.11. The summed E-state index contributed by atoms with van der Waals surface area (Å²) in [6.07, 6.45) is 0. The molecule has 2 heterocycles. The number of rotatable bonds is 4. The first-order valence-electron chi connectivity index (χ1n) is 6.84. The topological polar surface area (TPSA) is 59.4 Å². The molecule has 112 valence electrons. The Morgan fingerprint density at radius 1 is 1.60 bits per heavy atom. The number of hydrogen-bond donors (Lipinski definition) is 1. The molecule has 0 saturated carbocycles. The number of aryl methyl sites for hydroxylation is 2. The number of aromatic nitrogens is 2. The van der Waals surface area contributed by atoms with Gasteiger partial charge in [-0.1, -0.05) is 11.6 Å². The van der Waals surface area contributed by atoms with Crippen molar-refractivity contribution in [1.29, 1.82) is 0 Å². The van der Waals surface area contributed by atoms with Crippen molar-refractivity contribution in [2.75, 3.05) is 26.2 Å². The number of halogens is 1. The summed E-state index contributed by atoms with van der Waals surface area (Å²) >= 11 is 6.28. The average molecular weight is 301 g/mol. The molecule has 1 unspecified atom stereocenters. The number of carbonyl (C=O) groups excluding carboxylic acids is 1. The van der Waals surface area contributed by atoms with Gasteiger partial charge in [-0.05, 0) is 13.8 Å². The monoisotopic (exact) mass is 300 g/mol. The van der Waals surface area contributed by atoms with Gasteiger partial charge in [0.1, 0.15) is 6.04 Å². The molecule has 0 radical (unpaired) electrons. The number of piperazine rings is 1. The fourth-order valence-corrected chi connectivity index (χ4v) is 2.67. The second kappa shape index (κ2) is 6.56. The Morgan fingerprint density at radius 2 is 2.35 bits per heavy atom. The number of esters is 1. The zero-order valence-corrected chi connectivity index (χ0v) is 12.9. The highest BCUT2D eigenvalue weighted by molar-refractivity contribution is 6.31. The van der Waals surface area contributed by atoms with Crippen LogP contribution in [0, 0.1) is 6.92 Å². The van der Waals surface area contributed by atoms with Gasteiger partial charge in [-0.2, -0.15) is 5.10 Å². The lowest BCUT2D eigenvalue weighted by atomic mass is 10.2. The largest absolute Gasteiger partial charge is 0.465 e. The van der Waals surface area contributed by atoms with Crippen LogP contribution in [0.1, 0.15) is 18.3 Å². The number of nitrogens with one attached hydrogen (secondary N) is 1. The van der Waals surface area contributed by atoms with Gasteiger partial charge >= 0.3 is 5.97 Å². The van der Waals surface area contributed by atoms with Crippen LogP contribution < -0.4 is 5.32 Å². The Bertz CT molecular complexity index is 489. The zero-order chi connectivity index (χ0) is 14.7. The van der Waals surface area contributed by atoms with E-state index in [9.17, 15) is 4.79 Å². The van der Waals surface area contributed by atoms with Crippen molar-refractivity contribution in [2.24, 2.45) is 7.05 Å². The molecule has 1 atom stereocenters. The molecule has 1 aromatic rings. The van der Waals surface area contributed by atoms with Gasteiger partial charge in [0.2, 0.25) is 0 Å². The van der Waals surface area contributed by atoms with Crippen molar-refractivity contribution in [3.63, 3.8) is 0 Å². The molecule has 0 bridgehead atoms. The third kappa shape index (κ3) is 3.13. The second-order valence-electron chi connectivity index (χ2n) is 4.91.